The van der Waals surface area contributed by atoms with Crippen molar-refractivity contribution < 1.29 is 4.79 Å². The summed E-state index contributed by atoms with van der Waals surface area (Å²) in [5.41, 5.74) is 4.83. The zero-order valence-electron chi connectivity index (χ0n) is 15.7. The molecule has 0 radical (unpaired) electrons. The predicted octanol–water partition coefficient (Wildman–Crippen LogP) is 5.84. The number of benzene rings is 3. The highest BCUT2D eigenvalue weighted by Gasteiger charge is 2.11. The SMILES string of the molecule is Cc1nc2cc(C=CC(=O)c3nc4ccccc4s3)ccc2n1-c1ccccc1. The number of aryl methyl sites for hydroxylation is 1. The molecule has 4 nitrogen and oxygen atoms in total. The van der Waals surface area contributed by atoms with Gasteiger partial charge < -0.3 is 0 Å². The van der Waals surface area contributed by atoms with Gasteiger partial charge in [-0.1, -0.05) is 42.5 Å². The number of carbonyl (C=O) groups is 1. The van der Waals surface area contributed by atoms with Gasteiger partial charge in [-0.05, 0) is 55.0 Å². The minimum absolute atomic E-state index is 0.0858. The average Bonchev–Trinajstić information content (AvgIpc) is 3.32. The van der Waals surface area contributed by atoms with E-state index in [-0.39, 0.29) is 5.78 Å². The first-order valence-corrected chi connectivity index (χ1v) is 10.1. The molecular formula is C24H17N3OS. The van der Waals surface area contributed by atoms with Crippen LogP contribution in [0.25, 0.3) is 33.0 Å². The van der Waals surface area contributed by atoms with E-state index in [0.29, 0.717) is 5.01 Å². The van der Waals surface area contributed by atoms with E-state index in [1.54, 1.807) is 6.08 Å². The number of aromatic nitrogens is 3. The van der Waals surface area contributed by atoms with Crippen LogP contribution >= 0.6 is 11.3 Å². The zero-order chi connectivity index (χ0) is 19.8. The maximum atomic E-state index is 12.5. The standard InChI is InChI=1S/C24H17N3OS/c1-16-25-20-15-17(11-13-21(20)27(16)18-7-3-2-4-8-18)12-14-22(28)24-26-19-9-5-6-10-23(19)29-24/h2-15H,1H3. The fourth-order valence-corrected chi connectivity index (χ4v) is 4.33. The number of imidazole rings is 1. The molecule has 0 aliphatic heterocycles. The number of hydrogen-bond acceptors (Lipinski definition) is 4. The minimum Gasteiger partial charge on any atom is -0.297 e. The normalized spacial score (nSPS) is 11.6. The van der Waals surface area contributed by atoms with Crippen LogP contribution in [-0.4, -0.2) is 20.3 Å². The van der Waals surface area contributed by atoms with Crippen LogP contribution < -0.4 is 0 Å². The first-order valence-electron chi connectivity index (χ1n) is 9.31. The molecule has 5 heteroatoms. The number of carbonyl (C=O) groups excluding carboxylic acids is 1. The van der Waals surface area contributed by atoms with E-state index in [0.717, 1.165) is 38.3 Å². The summed E-state index contributed by atoms with van der Waals surface area (Å²) in [6, 6.07) is 24.0. The van der Waals surface area contributed by atoms with Crippen molar-refractivity contribution in [2.45, 2.75) is 6.92 Å². The monoisotopic (exact) mass is 395 g/mol. The van der Waals surface area contributed by atoms with Crippen molar-refractivity contribution in [2.75, 3.05) is 0 Å². The Hall–Kier alpha value is -3.57. The number of fused-ring (bicyclic) bond motifs is 2. The van der Waals surface area contributed by atoms with Crippen molar-refractivity contribution in [3.63, 3.8) is 0 Å². The molecule has 0 fully saturated rings. The summed E-state index contributed by atoms with van der Waals surface area (Å²) in [5.74, 6) is 0.843. The third kappa shape index (κ3) is 3.26. The van der Waals surface area contributed by atoms with Crippen LogP contribution in [-0.2, 0) is 0 Å². The van der Waals surface area contributed by atoms with E-state index in [1.165, 1.54) is 11.3 Å². The number of hydrogen-bond donors (Lipinski definition) is 0. The molecule has 0 bridgehead atoms. The minimum atomic E-state index is -0.0858. The van der Waals surface area contributed by atoms with Gasteiger partial charge >= 0.3 is 0 Å². The molecule has 0 saturated heterocycles. The number of rotatable bonds is 4. The van der Waals surface area contributed by atoms with Gasteiger partial charge in [0.05, 0.1) is 21.3 Å². The lowest BCUT2D eigenvalue weighted by Crippen LogP contribution is -1.96. The van der Waals surface area contributed by atoms with E-state index in [2.05, 4.69) is 21.7 Å². The third-order valence-electron chi connectivity index (χ3n) is 4.79. The summed E-state index contributed by atoms with van der Waals surface area (Å²) in [5, 5.41) is 0.507. The third-order valence-corrected chi connectivity index (χ3v) is 5.84. The highest BCUT2D eigenvalue weighted by Crippen LogP contribution is 2.24. The summed E-state index contributed by atoms with van der Waals surface area (Å²) < 4.78 is 3.15. The van der Waals surface area contributed by atoms with Crippen LogP contribution in [0, 0.1) is 6.92 Å². The number of ketones is 1. The van der Waals surface area contributed by atoms with Crippen molar-refractivity contribution >= 4 is 44.4 Å². The van der Waals surface area contributed by atoms with Gasteiger partial charge in [-0.25, -0.2) is 9.97 Å². The molecule has 140 valence electrons. The van der Waals surface area contributed by atoms with Gasteiger partial charge in [0.25, 0.3) is 0 Å². The van der Waals surface area contributed by atoms with Crippen molar-refractivity contribution in [1.29, 1.82) is 0 Å². The number of thiazole rings is 1. The lowest BCUT2D eigenvalue weighted by atomic mass is 10.1. The molecule has 0 atom stereocenters. The summed E-state index contributed by atoms with van der Waals surface area (Å²) >= 11 is 1.42. The van der Waals surface area contributed by atoms with Crippen molar-refractivity contribution in [3.8, 4) is 5.69 Å². The highest BCUT2D eigenvalue weighted by atomic mass is 32.1. The Bertz CT molecular complexity index is 1350. The second kappa shape index (κ2) is 7.11. The second-order valence-electron chi connectivity index (χ2n) is 6.76. The van der Waals surface area contributed by atoms with Crippen LogP contribution in [0.15, 0.2) is 78.9 Å². The molecule has 0 saturated carbocycles. The van der Waals surface area contributed by atoms with E-state index in [1.807, 2.05) is 73.7 Å². The molecule has 2 heterocycles. The number of nitrogens with zero attached hydrogens (tertiary/aromatic N) is 3. The van der Waals surface area contributed by atoms with Gasteiger partial charge in [-0.3, -0.25) is 9.36 Å². The summed E-state index contributed by atoms with van der Waals surface area (Å²) in [6.07, 6.45) is 3.41. The highest BCUT2D eigenvalue weighted by molar-refractivity contribution is 7.20. The molecule has 29 heavy (non-hydrogen) atoms. The number of para-hydroxylation sites is 2. The van der Waals surface area contributed by atoms with Crippen molar-refractivity contribution in [2.24, 2.45) is 0 Å². The van der Waals surface area contributed by atoms with Crippen LogP contribution in [0.5, 0.6) is 0 Å². The Morgan fingerprint density at radius 2 is 1.72 bits per heavy atom. The van der Waals surface area contributed by atoms with Gasteiger partial charge in [0.15, 0.2) is 5.01 Å². The van der Waals surface area contributed by atoms with E-state index in [9.17, 15) is 4.79 Å². The fraction of sp³-hybridized carbons (Fsp3) is 0.0417. The Morgan fingerprint density at radius 1 is 0.931 bits per heavy atom. The zero-order valence-corrected chi connectivity index (χ0v) is 16.6. The van der Waals surface area contributed by atoms with Crippen molar-refractivity contribution in [1.82, 2.24) is 14.5 Å². The van der Waals surface area contributed by atoms with Crippen molar-refractivity contribution in [3.05, 3.63) is 95.3 Å². The van der Waals surface area contributed by atoms with E-state index in [4.69, 9.17) is 4.98 Å². The molecule has 5 rings (SSSR count). The van der Waals surface area contributed by atoms with Crippen LogP contribution in [0.3, 0.4) is 0 Å². The van der Waals surface area contributed by atoms with Crippen LogP contribution in [0.1, 0.15) is 21.2 Å². The maximum Gasteiger partial charge on any atom is 0.214 e. The smallest absolute Gasteiger partial charge is 0.214 e. The summed E-state index contributed by atoms with van der Waals surface area (Å²) in [4.78, 5) is 21.7. The fourth-order valence-electron chi connectivity index (χ4n) is 3.45. The maximum absolute atomic E-state index is 12.5. The number of allylic oxidation sites excluding steroid dienone is 1. The summed E-state index contributed by atoms with van der Waals surface area (Å²) in [6.45, 7) is 2.00. The Balaban J connectivity index is 1.45. The van der Waals surface area contributed by atoms with Gasteiger partial charge in [0.1, 0.15) is 5.82 Å². The topological polar surface area (TPSA) is 47.8 Å². The van der Waals surface area contributed by atoms with Crippen LogP contribution in [0.4, 0.5) is 0 Å². The van der Waals surface area contributed by atoms with E-state index < -0.39 is 0 Å². The molecule has 0 N–H and O–H groups in total. The van der Waals surface area contributed by atoms with Gasteiger partial charge in [-0.15, -0.1) is 11.3 Å². The first-order chi connectivity index (χ1) is 14.2. The lowest BCUT2D eigenvalue weighted by molar-refractivity contribution is 0.104. The van der Waals surface area contributed by atoms with E-state index >= 15 is 0 Å². The molecule has 5 aromatic rings. The first kappa shape index (κ1) is 17.5. The molecule has 0 unspecified atom stereocenters. The molecule has 0 spiro atoms. The largest absolute Gasteiger partial charge is 0.297 e. The van der Waals surface area contributed by atoms with Gasteiger partial charge in [-0.2, -0.15) is 0 Å². The predicted molar refractivity (Wildman–Crippen MR) is 119 cm³/mol. The molecule has 0 aliphatic carbocycles. The quantitative estimate of drug-likeness (QED) is 0.284. The second-order valence-corrected chi connectivity index (χ2v) is 7.79. The van der Waals surface area contributed by atoms with Gasteiger partial charge in [0, 0.05) is 5.69 Å². The molecule has 3 aromatic carbocycles. The Morgan fingerprint density at radius 3 is 2.55 bits per heavy atom. The average molecular weight is 395 g/mol. The van der Waals surface area contributed by atoms with Gasteiger partial charge in [0.2, 0.25) is 5.78 Å². The molecule has 0 amide bonds. The Kier molecular flexibility index (Phi) is 4.30. The Labute approximate surface area is 171 Å². The molecule has 0 aliphatic rings. The molecular weight excluding hydrogens is 378 g/mol. The lowest BCUT2D eigenvalue weighted by Gasteiger charge is -2.06. The summed E-state index contributed by atoms with van der Waals surface area (Å²) in [7, 11) is 0. The molecule has 2 aromatic heterocycles. The van der Waals surface area contributed by atoms with Crippen LogP contribution in [0.2, 0.25) is 0 Å².